The van der Waals surface area contributed by atoms with Crippen molar-refractivity contribution >= 4 is 7.12 Å². The minimum Gasteiger partial charge on any atom is -0.414 e. The van der Waals surface area contributed by atoms with Gasteiger partial charge in [-0.1, -0.05) is 6.08 Å². The van der Waals surface area contributed by atoms with Gasteiger partial charge >= 0.3 is 7.12 Å². The molecule has 46 valence electrons. The quantitative estimate of drug-likeness (QED) is 0.400. The smallest absolute Gasteiger partial charge is 0.414 e. The Kier molecular flexibility index (Phi) is 4.71. The molecule has 0 unspecified atom stereocenters. The van der Waals surface area contributed by atoms with Crippen molar-refractivity contribution in [1.29, 1.82) is 0 Å². The van der Waals surface area contributed by atoms with Gasteiger partial charge in [-0.2, -0.15) is 0 Å². The Labute approximate surface area is 50.6 Å². The van der Waals surface area contributed by atoms with E-state index in [0.717, 1.165) is 6.32 Å². The highest BCUT2D eigenvalue weighted by Gasteiger charge is 2.09. The SMILES string of the molecule is C=CCB(OC)OC. The molecule has 0 aliphatic carbocycles. The van der Waals surface area contributed by atoms with Crippen LogP contribution in [0.3, 0.4) is 0 Å². The zero-order valence-corrected chi connectivity index (χ0v) is 5.39. The zero-order chi connectivity index (χ0) is 6.41. The minimum absolute atomic E-state index is 0.118. The number of rotatable bonds is 4. The molecule has 0 radical (unpaired) electrons. The van der Waals surface area contributed by atoms with E-state index in [9.17, 15) is 0 Å². The number of allylic oxidation sites excluding steroid dienone is 1. The van der Waals surface area contributed by atoms with Gasteiger partial charge in [0.2, 0.25) is 0 Å². The van der Waals surface area contributed by atoms with E-state index in [4.69, 9.17) is 9.31 Å². The first-order chi connectivity index (χ1) is 3.85. The monoisotopic (exact) mass is 114 g/mol. The average Bonchev–Trinajstić information content (AvgIpc) is 1.83. The highest BCUT2D eigenvalue weighted by atomic mass is 16.6. The molecule has 0 saturated carbocycles. The predicted molar refractivity (Wildman–Crippen MR) is 34.8 cm³/mol. The largest absolute Gasteiger partial charge is 0.460 e. The van der Waals surface area contributed by atoms with Crippen LogP contribution in [0.5, 0.6) is 0 Å². The van der Waals surface area contributed by atoms with Crippen LogP contribution in [0.15, 0.2) is 12.7 Å². The van der Waals surface area contributed by atoms with Gasteiger partial charge in [-0.3, -0.25) is 0 Å². The molecule has 0 N–H and O–H groups in total. The van der Waals surface area contributed by atoms with E-state index >= 15 is 0 Å². The fourth-order valence-electron chi connectivity index (χ4n) is 0.425. The maximum Gasteiger partial charge on any atom is 0.460 e. The molecule has 0 aromatic rings. The van der Waals surface area contributed by atoms with Crippen LogP contribution in [-0.4, -0.2) is 21.3 Å². The Bertz CT molecular complexity index is 61.4. The van der Waals surface area contributed by atoms with Gasteiger partial charge in [0.25, 0.3) is 0 Å². The van der Waals surface area contributed by atoms with Crippen LogP contribution in [0.1, 0.15) is 0 Å². The van der Waals surface area contributed by atoms with Crippen LogP contribution in [-0.2, 0) is 9.31 Å². The van der Waals surface area contributed by atoms with Crippen molar-refractivity contribution in [2.75, 3.05) is 14.2 Å². The van der Waals surface area contributed by atoms with Gasteiger partial charge in [0.15, 0.2) is 0 Å². The molecule has 0 aliphatic rings. The van der Waals surface area contributed by atoms with Gasteiger partial charge in [-0.25, -0.2) is 0 Å². The molecule has 0 amide bonds. The predicted octanol–water partition coefficient (Wildman–Crippen LogP) is 0.953. The lowest BCUT2D eigenvalue weighted by atomic mass is 9.85. The van der Waals surface area contributed by atoms with Gasteiger partial charge < -0.3 is 9.31 Å². The summed E-state index contributed by atoms with van der Waals surface area (Å²) in [4.78, 5) is 0. The third-order valence-electron chi connectivity index (χ3n) is 0.885. The van der Waals surface area contributed by atoms with Crippen molar-refractivity contribution in [2.45, 2.75) is 6.32 Å². The van der Waals surface area contributed by atoms with Crippen molar-refractivity contribution < 1.29 is 9.31 Å². The molecule has 2 nitrogen and oxygen atoms in total. The molecule has 0 saturated heterocycles. The zero-order valence-electron chi connectivity index (χ0n) is 5.39. The van der Waals surface area contributed by atoms with Crippen molar-refractivity contribution in [3.63, 3.8) is 0 Å². The molecule has 0 heterocycles. The van der Waals surface area contributed by atoms with Crippen LogP contribution < -0.4 is 0 Å². The molecule has 0 rings (SSSR count). The van der Waals surface area contributed by atoms with Crippen LogP contribution >= 0.6 is 0 Å². The van der Waals surface area contributed by atoms with Gasteiger partial charge in [-0.05, 0) is 6.32 Å². The summed E-state index contributed by atoms with van der Waals surface area (Å²) in [6, 6.07) is 0. The molecule has 0 fully saturated rings. The maximum atomic E-state index is 4.85. The number of hydrogen-bond acceptors (Lipinski definition) is 2. The van der Waals surface area contributed by atoms with E-state index in [2.05, 4.69) is 6.58 Å². The Morgan fingerprint density at radius 3 is 2.12 bits per heavy atom. The first kappa shape index (κ1) is 7.72. The summed E-state index contributed by atoms with van der Waals surface area (Å²) in [5, 5.41) is 0. The molecule has 8 heavy (non-hydrogen) atoms. The Morgan fingerprint density at radius 1 is 1.50 bits per heavy atom. The van der Waals surface area contributed by atoms with E-state index in [1.807, 2.05) is 0 Å². The molecule has 0 aromatic heterocycles. The Hall–Kier alpha value is -0.275. The second kappa shape index (κ2) is 4.87. The first-order valence-corrected chi connectivity index (χ1v) is 2.51. The molecular formula is C5H11BO2. The first-order valence-electron chi connectivity index (χ1n) is 2.51. The van der Waals surface area contributed by atoms with Gasteiger partial charge in [0.05, 0.1) is 0 Å². The summed E-state index contributed by atoms with van der Waals surface area (Å²) >= 11 is 0. The van der Waals surface area contributed by atoms with E-state index in [1.54, 1.807) is 20.3 Å². The topological polar surface area (TPSA) is 18.5 Å². The van der Waals surface area contributed by atoms with E-state index in [0.29, 0.717) is 0 Å². The second-order valence-corrected chi connectivity index (χ2v) is 1.43. The van der Waals surface area contributed by atoms with E-state index < -0.39 is 0 Å². The maximum absolute atomic E-state index is 4.85. The standard InChI is InChI=1S/C5H11BO2/c1-4-5-6(7-2)8-3/h4H,1,5H2,2-3H3. The summed E-state index contributed by atoms with van der Waals surface area (Å²) < 4.78 is 9.69. The minimum atomic E-state index is -0.118. The molecular weight excluding hydrogens is 103 g/mol. The van der Waals surface area contributed by atoms with Crippen LogP contribution in [0, 0.1) is 0 Å². The lowest BCUT2D eigenvalue weighted by Crippen LogP contribution is -2.16. The molecule has 0 aromatic carbocycles. The molecule has 0 atom stereocenters. The second-order valence-electron chi connectivity index (χ2n) is 1.43. The van der Waals surface area contributed by atoms with Crippen LogP contribution in [0.25, 0.3) is 0 Å². The fourth-order valence-corrected chi connectivity index (χ4v) is 0.425. The number of hydrogen-bond donors (Lipinski definition) is 0. The van der Waals surface area contributed by atoms with Crippen LogP contribution in [0.2, 0.25) is 6.32 Å². The highest BCUT2D eigenvalue weighted by Crippen LogP contribution is 1.92. The molecule has 0 bridgehead atoms. The third kappa shape index (κ3) is 2.83. The third-order valence-corrected chi connectivity index (χ3v) is 0.885. The van der Waals surface area contributed by atoms with Gasteiger partial charge in [-0.15, -0.1) is 6.58 Å². The van der Waals surface area contributed by atoms with Crippen molar-refractivity contribution in [3.8, 4) is 0 Å². The summed E-state index contributed by atoms with van der Waals surface area (Å²) in [7, 11) is 3.10. The summed E-state index contributed by atoms with van der Waals surface area (Å²) in [5.74, 6) is 0. The van der Waals surface area contributed by atoms with Gasteiger partial charge in [0.1, 0.15) is 0 Å². The molecule has 0 spiro atoms. The van der Waals surface area contributed by atoms with Crippen LogP contribution in [0.4, 0.5) is 0 Å². The Morgan fingerprint density at radius 2 is 2.00 bits per heavy atom. The van der Waals surface area contributed by atoms with Gasteiger partial charge in [0, 0.05) is 14.2 Å². The Balaban J connectivity index is 3.20. The molecule has 3 heteroatoms. The average molecular weight is 114 g/mol. The lowest BCUT2D eigenvalue weighted by molar-refractivity contribution is 0.281. The summed E-state index contributed by atoms with van der Waals surface area (Å²) in [6.45, 7) is 3.54. The lowest BCUT2D eigenvalue weighted by Gasteiger charge is -2.02. The van der Waals surface area contributed by atoms with Crippen molar-refractivity contribution in [3.05, 3.63) is 12.7 Å². The van der Waals surface area contributed by atoms with Crippen molar-refractivity contribution in [2.24, 2.45) is 0 Å². The van der Waals surface area contributed by atoms with Crippen molar-refractivity contribution in [1.82, 2.24) is 0 Å². The fraction of sp³-hybridized carbons (Fsp3) is 0.600. The summed E-state index contributed by atoms with van der Waals surface area (Å²) in [6.07, 6.45) is 2.50. The van der Waals surface area contributed by atoms with E-state index in [1.165, 1.54) is 0 Å². The normalized spacial score (nSPS) is 8.75. The molecule has 0 aliphatic heterocycles. The van der Waals surface area contributed by atoms with E-state index in [-0.39, 0.29) is 7.12 Å². The summed E-state index contributed by atoms with van der Waals surface area (Å²) in [5.41, 5.74) is 0. The highest BCUT2D eigenvalue weighted by molar-refractivity contribution is 6.44.